The van der Waals surface area contributed by atoms with E-state index in [1.54, 1.807) is 27.7 Å². The van der Waals surface area contributed by atoms with Crippen LogP contribution in [0.1, 0.15) is 210 Å². The van der Waals surface area contributed by atoms with Gasteiger partial charge in [0.1, 0.15) is 36.6 Å². The number of hydrogen-bond acceptors (Lipinski definition) is 24. The Balaban J connectivity index is 0.000000247. The summed E-state index contributed by atoms with van der Waals surface area (Å²) in [6.07, 6.45) is -0.652. The van der Waals surface area contributed by atoms with E-state index in [-0.39, 0.29) is 83.9 Å². The maximum atomic E-state index is 12.3. The van der Waals surface area contributed by atoms with Crippen molar-refractivity contribution in [2.45, 2.75) is 320 Å². The van der Waals surface area contributed by atoms with Crippen molar-refractivity contribution < 1.29 is 115 Å². The fraction of sp³-hybridized carbons (Fsp3) is 0.873. The molecule has 8 aliphatic heterocycles. The summed E-state index contributed by atoms with van der Waals surface area (Å²) in [5.74, 6) is -5.16. The molecule has 8 saturated heterocycles. The monoisotopic (exact) mass is 1240 g/mol. The molecule has 18 atom stereocenters. The zero-order valence-corrected chi connectivity index (χ0v) is 50.5. The van der Waals surface area contributed by atoms with Crippen LogP contribution in [0.2, 0.25) is 0 Å². The van der Waals surface area contributed by atoms with Crippen molar-refractivity contribution in [3.05, 3.63) is 0 Å². The van der Waals surface area contributed by atoms with E-state index >= 15 is 0 Å². The van der Waals surface area contributed by atoms with E-state index in [1.807, 2.05) is 69.2 Å². The van der Waals surface area contributed by atoms with Gasteiger partial charge in [0.05, 0.1) is 27.8 Å². The van der Waals surface area contributed by atoms with Crippen molar-refractivity contribution in [1.29, 1.82) is 0 Å². The minimum absolute atomic E-state index is 0. The topological polar surface area (TPSA) is 306 Å². The second kappa shape index (κ2) is 28.3. The molecular formula is C63H104O24. The molecule has 18 unspecified atom stereocenters. The second-order valence-electron chi connectivity index (χ2n) is 26.7. The van der Waals surface area contributed by atoms with Gasteiger partial charge in [-0.15, -0.1) is 0 Å². The van der Waals surface area contributed by atoms with Crippen LogP contribution in [0, 0.1) is 33.5 Å². The van der Waals surface area contributed by atoms with Crippen molar-refractivity contribution in [3.8, 4) is 0 Å². The van der Waals surface area contributed by atoms with Crippen LogP contribution in [0.15, 0.2) is 0 Å². The number of carbonyl (C=O) groups is 8. The maximum Gasteiger partial charge on any atom is 0.350 e. The fourth-order valence-corrected chi connectivity index (χ4v) is 11.6. The second-order valence-corrected chi connectivity index (χ2v) is 26.7. The van der Waals surface area contributed by atoms with Crippen LogP contribution in [-0.4, -0.2) is 168 Å². The third kappa shape index (κ3) is 15.3. The van der Waals surface area contributed by atoms with Crippen LogP contribution in [0.5, 0.6) is 0 Å². The number of rotatable bonds is 12. The Kier molecular flexibility index (Phi) is 24.4. The highest BCUT2D eigenvalue weighted by atomic mass is 16.9. The maximum absolute atomic E-state index is 12.3. The van der Waals surface area contributed by atoms with Crippen LogP contribution in [0.3, 0.4) is 0 Å². The molecule has 8 heterocycles. The molecule has 0 amide bonds. The van der Waals surface area contributed by atoms with Gasteiger partial charge < -0.3 is 76.5 Å². The Morgan fingerprint density at radius 1 is 0.460 bits per heavy atom. The number of ether oxygens (including phenoxy) is 14. The molecule has 11 aliphatic rings. The van der Waals surface area contributed by atoms with Gasteiger partial charge >= 0.3 is 47.8 Å². The normalized spacial score (nSPS) is 35.8. The van der Waals surface area contributed by atoms with Crippen LogP contribution < -0.4 is 0 Å². The van der Waals surface area contributed by atoms with Crippen molar-refractivity contribution in [2.24, 2.45) is 33.5 Å². The third-order valence-electron chi connectivity index (χ3n) is 18.7. The van der Waals surface area contributed by atoms with Crippen LogP contribution in [0.25, 0.3) is 0 Å². The van der Waals surface area contributed by atoms with E-state index in [0.717, 1.165) is 44.9 Å². The molecule has 0 bridgehead atoms. The average molecular weight is 1250 g/mol. The largest absolute Gasteiger partial charge is 0.459 e. The standard InChI is InChI=1S/C18H26O7.C16H24O6.C13H20O4.C12H18O7.4CH4/c1-4-17(2,3)16(20)23-12-10-11(21-14(12)19)13-15(22-10)25-18(24-13)8-6-5-7-9-18;1-6-15(2,3)14(18)20-11-8-7-9-12(10(8)19-13(11)17)22-16(4,5)21-9;1-4-13(2,3)12(15)17-10-8-6-5-7-9(8)16-11(10)14;1-4-12(2,3)11(16)19-8-7-6(17-10(8)15)5(13)9(14)18-7;;;;/h10-13,15H,4-9H2,1-3H3;8-12H,6-7H2,1-5H3;8-10H,4-7H2,1-3H3;5-9,13-14H,4H2,1-3H3;4*1H4. The van der Waals surface area contributed by atoms with E-state index in [9.17, 15) is 48.6 Å². The summed E-state index contributed by atoms with van der Waals surface area (Å²) in [5.41, 5.74) is -2.53. The van der Waals surface area contributed by atoms with Gasteiger partial charge in [-0.1, -0.05) is 63.8 Å². The van der Waals surface area contributed by atoms with E-state index in [1.165, 1.54) is 6.42 Å². The van der Waals surface area contributed by atoms with Gasteiger partial charge in [-0.3, -0.25) is 19.2 Å². The highest BCUT2D eigenvalue weighted by Crippen LogP contribution is 2.50. The number of esters is 8. The van der Waals surface area contributed by atoms with E-state index in [4.69, 9.17) is 66.3 Å². The van der Waals surface area contributed by atoms with Crippen molar-refractivity contribution in [1.82, 2.24) is 0 Å². The summed E-state index contributed by atoms with van der Waals surface area (Å²) in [7, 11) is 0. The summed E-state index contributed by atoms with van der Waals surface area (Å²) in [5, 5.41) is 18.9. The minimum Gasteiger partial charge on any atom is -0.459 e. The van der Waals surface area contributed by atoms with Crippen molar-refractivity contribution in [2.75, 3.05) is 0 Å². The Bertz CT molecular complexity index is 2440. The molecule has 1 spiro atoms. The summed E-state index contributed by atoms with van der Waals surface area (Å²) in [6, 6.07) is 0. The zero-order chi connectivity index (χ0) is 61.1. The molecule has 0 radical (unpaired) electrons. The molecular weight excluding hydrogens is 1140 g/mol. The van der Waals surface area contributed by atoms with E-state index in [2.05, 4.69) is 0 Å². The molecule has 0 aromatic heterocycles. The predicted molar refractivity (Wildman–Crippen MR) is 309 cm³/mol. The molecule has 3 aliphatic carbocycles. The predicted octanol–water partition coefficient (Wildman–Crippen LogP) is 7.80. The molecule has 24 heteroatoms. The van der Waals surface area contributed by atoms with Crippen LogP contribution >= 0.6 is 0 Å². The lowest BCUT2D eigenvalue weighted by atomic mass is 9.90. The van der Waals surface area contributed by atoms with E-state index in [0.29, 0.717) is 32.1 Å². The van der Waals surface area contributed by atoms with Gasteiger partial charge in [-0.05, 0) is 133 Å². The third-order valence-corrected chi connectivity index (χ3v) is 18.7. The fourth-order valence-electron chi connectivity index (χ4n) is 11.6. The number of aliphatic hydroxyl groups is 2. The van der Waals surface area contributed by atoms with Crippen LogP contribution in [-0.2, 0) is 105 Å². The Morgan fingerprint density at radius 2 is 0.885 bits per heavy atom. The Morgan fingerprint density at radius 3 is 1.38 bits per heavy atom. The van der Waals surface area contributed by atoms with Gasteiger partial charge in [0.2, 0.25) is 24.4 Å². The average Bonchev–Trinajstić information content (AvgIpc) is 1.61. The van der Waals surface area contributed by atoms with Crippen molar-refractivity contribution >= 4 is 47.8 Å². The first-order valence-corrected chi connectivity index (χ1v) is 29.8. The van der Waals surface area contributed by atoms with Crippen LogP contribution in [0.4, 0.5) is 0 Å². The molecule has 500 valence electrons. The molecule has 0 aromatic carbocycles. The highest BCUT2D eigenvalue weighted by molar-refractivity contribution is 5.86. The highest BCUT2D eigenvalue weighted by Gasteiger charge is 2.67. The number of hydrogen-bond donors (Lipinski definition) is 2. The quantitative estimate of drug-likeness (QED) is 0.139. The Hall–Kier alpha value is -4.56. The van der Waals surface area contributed by atoms with Gasteiger partial charge in [-0.2, -0.15) is 0 Å². The van der Waals surface area contributed by atoms with E-state index < -0.39 is 137 Å². The molecule has 2 N–H and O–H groups in total. The molecule has 87 heavy (non-hydrogen) atoms. The molecule has 11 rings (SSSR count). The molecule has 24 nitrogen and oxygen atoms in total. The lowest BCUT2D eigenvalue weighted by Crippen LogP contribution is -2.41. The first kappa shape index (κ1) is 74.9. The number of aliphatic hydroxyl groups excluding tert-OH is 2. The number of fused-ring (bicyclic) bond motifs is 8. The molecule has 0 aromatic rings. The first-order valence-electron chi connectivity index (χ1n) is 29.8. The van der Waals surface area contributed by atoms with Gasteiger partial charge in [0.15, 0.2) is 42.5 Å². The van der Waals surface area contributed by atoms with Gasteiger partial charge in [0, 0.05) is 24.7 Å². The first-order chi connectivity index (χ1) is 38.7. The lowest BCUT2D eigenvalue weighted by Gasteiger charge is -2.33. The lowest BCUT2D eigenvalue weighted by molar-refractivity contribution is -0.246. The van der Waals surface area contributed by atoms with Gasteiger partial charge in [-0.25, -0.2) is 19.2 Å². The summed E-state index contributed by atoms with van der Waals surface area (Å²) >= 11 is 0. The molecule has 3 saturated carbocycles. The Labute approximate surface area is 514 Å². The smallest absolute Gasteiger partial charge is 0.350 e. The zero-order valence-electron chi connectivity index (χ0n) is 50.5. The molecule has 11 fully saturated rings. The summed E-state index contributed by atoms with van der Waals surface area (Å²) in [4.78, 5) is 96.0. The van der Waals surface area contributed by atoms with Crippen molar-refractivity contribution in [3.63, 3.8) is 0 Å². The minimum atomic E-state index is -1.44. The number of carbonyl (C=O) groups excluding carboxylic acids is 8. The summed E-state index contributed by atoms with van der Waals surface area (Å²) < 4.78 is 77.2. The summed E-state index contributed by atoms with van der Waals surface area (Å²) in [6.45, 7) is 25.5. The van der Waals surface area contributed by atoms with Gasteiger partial charge in [0.25, 0.3) is 0 Å². The SMILES string of the molecule is C.C.C.C.CCC(C)(C)C(=O)OC1C(=O)OC2C(O)C(O)OC12.CCC(C)(C)C(=O)OC1C(=O)OC2C1CC1OC(C)(C)OC12.CCC(C)(C)C(=O)OC1C(=O)OC2C3OC4(CCCCC4)OC3OC12.CCC(C)(C)C(=O)OC1C(=O)OC2CCCC21.